The molecule has 0 aromatic rings. The van der Waals surface area contributed by atoms with Gasteiger partial charge in [0.25, 0.3) is 0 Å². The van der Waals surface area contributed by atoms with E-state index in [4.69, 9.17) is 0 Å². The number of nitrogens with one attached hydrogen (secondary N) is 1. The SMILES string of the molecule is CC.CNCCSC(CC(C)C)C(C)=O. The minimum atomic E-state index is 0.202. The monoisotopic (exact) mass is 233 g/mol. The summed E-state index contributed by atoms with van der Waals surface area (Å²) in [5.74, 6) is 1.94. The lowest BCUT2D eigenvalue weighted by atomic mass is 10.1. The molecule has 0 aliphatic carbocycles. The highest BCUT2D eigenvalue weighted by Gasteiger charge is 2.15. The number of thioether (sulfide) groups is 1. The van der Waals surface area contributed by atoms with E-state index in [1.165, 1.54) is 0 Å². The van der Waals surface area contributed by atoms with Gasteiger partial charge in [-0.3, -0.25) is 4.79 Å². The molecular weight excluding hydrogens is 206 g/mol. The van der Waals surface area contributed by atoms with Crippen molar-refractivity contribution in [2.75, 3.05) is 19.3 Å². The fourth-order valence-electron chi connectivity index (χ4n) is 1.08. The van der Waals surface area contributed by atoms with Gasteiger partial charge in [-0.05, 0) is 26.3 Å². The molecule has 0 fully saturated rings. The minimum Gasteiger partial charge on any atom is -0.319 e. The number of ketones is 1. The Bertz CT molecular complexity index is 149. The molecule has 2 nitrogen and oxygen atoms in total. The van der Waals surface area contributed by atoms with Gasteiger partial charge in [0.15, 0.2) is 0 Å². The second-order valence-electron chi connectivity index (χ2n) is 3.70. The molecule has 3 heteroatoms. The third-order valence-electron chi connectivity index (χ3n) is 1.81. The predicted molar refractivity (Wildman–Crippen MR) is 71.7 cm³/mol. The lowest BCUT2D eigenvalue weighted by molar-refractivity contribution is -0.116. The average molecular weight is 233 g/mol. The molecule has 1 unspecified atom stereocenters. The van der Waals surface area contributed by atoms with Crippen LogP contribution in [0, 0.1) is 5.92 Å². The molecule has 0 saturated carbocycles. The molecule has 1 atom stereocenters. The van der Waals surface area contributed by atoms with Gasteiger partial charge >= 0.3 is 0 Å². The van der Waals surface area contributed by atoms with Crippen LogP contribution in [0.5, 0.6) is 0 Å². The summed E-state index contributed by atoms with van der Waals surface area (Å²) < 4.78 is 0. The summed E-state index contributed by atoms with van der Waals surface area (Å²) in [6.45, 7) is 11.0. The zero-order chi connectivity index (χ0) is 12.3. The van der Waals surface area contributed by atoms with Crippen molar-refractivity contribution in [3.63, 3.8) is 0 Å². The van der Waals surface area contributed by atoms with Gasteiger partial charge < -0.3 is 5.32 Å². The van der Waals surface area contributed by atoms with E-state index < -0.39 is 0 Å². The van der Waals surface area contributed by atoms with Crippen LogP contribution in [0.25, 0.3) is 0 Å². The van der Waals surface area contributed by atoms with Crippen LogP contribution in [0.1, 0.15) is 41.0 Å². The Balaban J connectivity index is 0. The number of rotatable bonds is 7. The van der Waals surface area contributed by atoms with Crippen LogP contribution in [-0.2, 0) is 4.79 Å². The van der Waals surface area contributed by atoms with Crippen LogP contribution in [0.3, 0.4) is 0 Å². The van der Waals surface area contributed by atoms with E-state index in [2.05, 4.69) is 19.2 Å². The largest absolute Gasteiger partial charge is 0.319 e. The lowest BCUT2D eigenvalue weighted by Crippen LogP contribution is -2.19. The molecular formula is C12H27NOS. The summed E-state index contributed by atoms with van der Waals surface area (Å²) >= 11 is 1.77. The second kappa shape index (κ2) is 12.1. The first-order valence-corrected chi connectivity index (χ1v) is 6.89. The van der Waals surface area contributed by atoms with Gasteiger partial charge in [0.2, 0.25) is 0 Å². The fraction of sp³-hybridized carbons (Fsp3) is 0.917. The molecule has 0 aliphatic rings. The average Bonchev–Trinajstić information content (AvgIpc) is 2.19. The molecule has 0 amide bonds. The van der Waals surface area contributed by atoms with Crippen molar-refractivity contribution in [3.05, 3.63) is 0 Å². The fourth-order valence-corrected chi connectivity index (χ4v) is 2.44. The van der Waals surface area contributed by atoms with Crippen LogP contribution in [-0.4, -0.2) is 30.4 Å². The molecule has 0 rings (SSSR count). The summed E-state index contributed by atoms with van der Waals surface area (Å²) in [7, 11) is 1.94. The highest BCUT2D eigenvalue weighted by atomic mass is 32.2. The van der Waals surface area contributed by atoms with E-state index >= 15 is 0 Å². The third-order valence-corrected chi connectivity index (χ3v) is 3.18. The van der Waals surface area contributed by atoms with Crippen molar-refractivity contribution in [2.45, 2.75) is 46.3 Å². The number of carbonyl (C=O) groups excluding carboxylic acids is 1. The Morgan fingerprint density at radius 2 is 1.87 bits per heavy atom. The first-order chi connectivity index (χ1) is 7.07. The Kier molecular flexibility index (Phi) is 14.0. The van der Waals surface area contributed by atoms with E-state index in [9.17, 15) is 4.79 Å². The molecule has 1 N–H and O–H groups in total. The topological polar surface area (TPSA) is 29.1 Å². The molecule has 0 spiro atoms. The van der Waals surface area contributed by atoms with E-state index in [-0.39, 0.29) is 5.25 Å². The zero-order valence-corrected chi connectivity index (χ0v) is 11.9. The maximum Gasteiger partial charge on any atom is 0.142 e. The molecule has 0 aromatic carbocycles. The maximum atomic E-state index is 11.2. The van der Waals surface area contributed by atoms with E-state index in [1.807, 2.05) is 20.9 Å². The molecule has 0 aromatic heterocycles. The first-order valence-electron chi connectivity index (χ1n) is 5.84. The van der Waals surface area contributed by atoms with Gasteiger partial charge in [-0.15, -0.1) is 11.8 Å². The molecule has 0 heterocycles. The van der Waals surface area contributed by atoms with Crippen LogP contribution >= 0.6 is 11.8 Å². The summed E-state index contributed by atoms with van der Waals surface area (Å²) in [6, 6.07) is 0. The van der Waals surface area contributed by atoms with Gasteiger partial charge in [0, 0.05) is 12.3 Å². The van der Waals surface area contributed by atoms with Gasteiger partial charge in [-0.2, -0.15) is 0 Å². The van der Waals surface area contributed by atoms with Crippen LogP contribution in [0.15, 0.2) is 0 Å². The highest BCUT2D eigenvalue weighted by molar-refractivity contribution is 8.00. The van der Waals surface area contributed by atoms with Crippen molar-refractivity contribution in [1.29, 1.82) is 0 Å². The van der Waals surface area contributed by atoms with Crippen molar-refractivity contribution < 1.29 is 4.79 Å². The summed E-state index contributed by atoms with van der Waals surface area (Å²) in [5.41, 5.74) is 0. The molecule has 0 saturated heterocycles. The van der Waals surface area contributed by atoms with Crippen molar-refractivity contribution >= 4 is 17.5 Å². The van der Waals surface area contributed by atoms with Crippen LogP contribution < -0.4 is 5.32 Å². The van der Waals surface area contributed by atoms with Gasteiger partial charge in [0.05, 0.1) is 5.25 Å². The zero-order valence-electron chi connectivity index (χ0n) is 11.1. The Labute approximate surface area is 99.6 Å². The molecule has 0 bridgehead atoms. The summed E-state index contributed by atoms with van der Waals surface area (Å²) in [6.07, 6.45) is 1.00. The van der Waals surface area contributed by atoms with Crippen molar-refractivity contribution in [3.8, 4) is 0 Å². The quantitative estimate of drug-likeness (QED) is 0.686. The second-order valence-corrected chi connectivity index (χ2v) is 5.01. The number of carbonyl (C=O) groups is 1. The summed E-state index contributed by atoms with van der Waals surface area (Å²) in [4.78, 5) is 11.2. The van der Waals surface area contributed by atoms with E-state index in [0.717, 1.165) is 18.7 Å². The van der Waals surface area contributed by atoms with Crippen molar-refractivity contribution in [1.82, 2.24) is 5.32 Å². The third kappa shape index (κ3) is 11.9. The van der Waals surface area contributed by atoms with Crippen LogP contribution in [0.4, 0.5) is 0 Å². The van der Waals surface area contributed by atoms with Crippen LogP contribution in [0.2, 0.25) is 0 Å². The number of Topliss-reactive ketones (excluding diaryl/α,β-unsaturated/α-hetero) is 1. The number of hydrogen-bond donors (Lipinski definition) is 1. The van der Waals surface area contributed by atoms with Gasteiger partial charge in [0.1, 0.15) is 5.78 Å². The molecule has 0 radical (unpaired) electrons. The smallest absolute Gasteiger partial charge is 0.142 e. The highest BCUT2D eigenvalue weighted by Crippen LogP contribution is 2.19. The van der Waals surface area contributed by atoms with E-state index in [1.54, 1.807) is 18.7 Å². The van der Waals surface area contributed by atoms with Gasteiger partial charge in [-0.25, -0.2) is 0 Å². The lowest BCUT2D eigenvalue weighted by Gasteiger charge is -2.15. The normalized spacial score (nSPS) is 11.9. The number of hydrogen-bond acceptors (Lipinski definition) is 3. The molecule has 0 aliphatic heterocycles. The predicted octanol–water partition coefficient (Wildman–Crippen LogP) is 2.97. The Hall–Kier alpha value is -0.0200. The van der Waals surface area contributed by atoms with E-state index in [0.29, 0.717) is 11.7 Å². The Morgan fingerprint density at radius 3 is 2.20 bits per heavy atom. The standard InChI is InChI=1S/C10H21NOS.C2H6/c1-8(2)7-10(9(3)12)13-6-5-11-4;1-2/h8,10-11H,5-7H2,1-4H3;1-2H3. The summed E-state index contributed by atoms with van der Waals surface area (Å²) in [5, 5.41) is 3.29. The molecule has 92 valence electrons. The van der Waals surface area contributed by atoms with Gasteiger partial charge in [-0.1, -0.05) is 27.7 Å². The van der Waals surface area contributed by atoms with Crippen molar-refractivity contribution in [2.24, 2.45) is 5.92 Å². The maximum absolute atomic E-state index is 11.2. The molecule has 15 heavy (non-hydrogen) atoms. The minimum absolute atomic E-state index is 0.202. The first kappa shape index (κ1) is 17.4. The Morgan fingerprint density at radius 1 is 1.33 bits per heavy atom.